The SMILES string of the molecule is CNCCNc1ccc(S(C)(=O)=O)cc1F. The van der Waals surface area contributed by atoms with Crippen LogP contribution >= 0.6 is 0 Å². The van der Waals surface area contributed by atoms with E-state index in [1.807, 2.05) is 0 Å². The second-order valence-electron chi connectivity index (χ2n) is 3.44. The second-order valence-corrected chi connectivity index (χ2v) is 5.46. The van der Waals surface area contributed by atoms with Crippen LogP contribution in [0.1, 0.15) is 0 Å². The number of benzene rings is 1. The Morgan fingerprint density at radius 1 is 1.31 bits per heavy atom. The van der Waals surface area contributed by atoms with Crippen LogP contribution < -0.4 is 10.6 Å². The molecule has 4 nitrogen and oxygen atoms in total. The van der Waals surface area contributed by atoms with Crippen LogP contribution in [0.5, 0.6) is 0 Å². The van der Waals surface area contributed by atoms with E-state index in [9.17, 15) is 12.8 Å². The number of hydrogen-bond acceptors (Lipinski definition) is 4. The number of anilines is 1. The molecular formula is C10H15FN2O2S. The van der Waals surface area contributed by atoms with Crippen LogP contribution in [0.25, 0.3) is 0 Å². The Bertz CT molecular complexity index is 460. The largest absolute Gasteiger partial charge is 0.381 e. The highest BCUT2D eigenvalue weighted by Crippen LogP contribution is 2.18. The molecule has 0 saturated heterocycles. The Morgan fingerprint density at radius 3 is 2.50 bits per heavy atom. The van der Waals surface area contributed by atoms with Gasteiger partial charge in [-0.15, -0.1) is 0 Å². The Kier molecular flexibility index (Phi) is 4.26. The van der Waals surface area contributed by atoms with Gasteiger partial charge in [0, 0.05) is 19.3 Å². The topological polar surface area (TPSA) is 58.2 Å². The summed E-state index contributed by atoms with van der Waals surface area (Å²) in [4.78, 5) is -0.0100. The van der Waals surface area contributed by atoms with Crippen LogP contribution in [0, 0.1) is 5.82 Å². The maximum atomic E-state index is 13.5. The average molecular weight is 246 g/mol. The molecule has 0 aliphatic rings. The lowest BCUT2D eigenvalue weighted by Crippen LogP contribution is -2.18. The molecule has 0 spiro atoms. The summed E-state index contributed by atoms with van der Waals surface area (Å²) in [5.74, 6) is -0.556. The van der Waals surface area contributed by atoms with Crippen LogP contribution in [0.4, 0.5) is 10.1 Å². The molecule has 0 bridgehead atoms. The van der Waals surface area contributed by atoms with E-state index in [2.05, 4.69) is 10.6 Å². The Hall–Kier alpha value is -1.14. The lowest BCUT2D eigenvalue weighted by Gasteiger charge is -2.08. The van der Waals surface area contributed by atoms with Gasteiger partial charge in [-0.05, 0) is 25.2 Å². The van der Waals surface area contributed by atoms with Crippen LogP contribution in [0.15, 0.2) is 23.1 Å². The van der Waals surface area contributed by atoms with E-state index in [0.717, 1.165) is 12.3 Å². The van der Waals surface area contributed by atoms with Gasteiger partial charge in [0.1, 0.15) is 5.82 Å². The number of nitrogens with one attached hydrogen (secondary N) is 2. The molecule has 0 radical (unpaired) electrons. The van der Waals surface area contributed by atoms with Gasteiger partial charge >= 0.3 is 0 Å². The predicted molar refractivity (Wildman–Crippen MR) is 61.9 cm³/mol. The molecule has 0 heterocycles. The van der Waals surface area contributed by atoms with Gasteiger partial charge < -0.3 is 10.6 Å². The maximum Gasteiger partial charge on any atom is 0.175 e. The van der Waals surface area contributed by atoms with Crippen molar-refractivity contribution in [3.8, 4) is 0 Å². The maximum absolute atomic E-state index is 13.5. The molecule has 1 aromatic carbocycles. The first-order chi connectivity index (χ1) is 7.45. The van der Waals surface area contributed by atoms with E-state index in [4.69, 9.17) is 0 Å². The summed E-state index contributed by atoms with van der Waals surface area (Å²) in [5, 5.41) is 5.77. The first-order valence-electron chi connectivity index (χ1n) is 4.83. The van der Waals surface area contributed by atoms with Crippen molar-refractivity contribution in [1.29, 1.82) is 0 Å². The number of likely N-dealkylation sites (N-methyl/N-ethyl adjacent to an activating group) is 1. The summed E-state index contributed by atoms with van der Waals surface area (Å²) in [5.41, 5.74) is 0.308. The highest BCUT2D eigenvalue weighted by molar-refractivity contribution is 7.90. The summed E-state index contributed by atoms with van der Waals surface area (Å²) in [7, 11) is -1.55. The summed E-state index contributed by atoms with van der Waals surface area (Å²) in [6.07, 6.45) is 1.05. The second kappa shape index (κ2) is 5.27. The minimum absolute atomic E-state index is 0.0100. The number of hydrogen-bond donors (Lipinski definition) is 2. The van der Waals surface area contributed by atoms with E-state index in [-0.39, 0.29) is 4.90 Å². The van der Waals surface area contributed by atoms with Crippen molar-refractivity contribution in [2.45, 2.75) is 4.90 Å². The monoisotopic (exact) mass is 246 g/mol. The van der Waals surface area contributed by atoms with E-state index < -0.39 is 15.7 Å². The smallest absolute Gasteiger partial charge is 0.175 e. The van der Waals surface area contributed by atoms with E-state index in [1.54, 1.807) is 7.05 Å². The average Bonchev–Trinajstić information content (AvgIpc) is 2.19. The van der Waals surface area contributed by atoms with Crippen molar-refractivity contribution >= 4 is 15.5 Å². The molecule has 0 atom stereocenters. The number of halogens is 1. The molecule has 0 aliphatic carbocycles. The Balaban J connectivity index is 2.84. The van der Waals surface area contributed by atoms with Gasteiger partial charge in [0.25, 0.3) is 0 Å². The molecule has 0 aromatic heterocycles. The third-order valence-electron chi connectivity index (χ3n) is 2.06. The molecule has 0 saturated carbocycles. The fourth-order valence-corrected chi connectivity index (χ4v) is 1.82. The van der Waals surface area contributed by atoms with Gasteiger partial charge in [0.05, 0.1) is 10.6 Å². The summed E-state index contributed by atoms with van der Waals surface area (Å²) >= 11 is 0. The summed E-state index contributed by atoms with van der Waals surface area (Å²) in [6, 6.07) is 3.85. The predicted octanol–water partition coefficient (Wildman–Crippen LogP) is 0.860. The van der Waals surface area contributed by atoms with Crippen molar-refractivity contribution in [2.75, 3.05) is 31.7 Å². The molecule has 90 valence electrons. The third kappa shape index (κ3) is 3.46. The fourth-order valence-electron chi connectivity index (χ4n) is 1.19. The highest BCUT2D eigenvalue weighted by Gasteiger charge is 2.10. The van der Waals surface area contributed by atoms with Gasteiger partial charge in [0.15, 0.2) is 9.84 Å². The van der Waals surface area contributed by atoms with Gasteiger partial charge in [-0.3, -0.25) is 0 Å². The zero-order chi connectivity index (χ0) is 12.2. The third-order valence-corrected chi connectivity index (χ3v) is 3.17. The fraction of sp³-hybridized carbons (Fsp3) is 0.400. The van der Waals surface area contributed by atoms with Gasteiger partial charge in [0.2, 0.25) is 0 Å². The first kappa shape index (κ1) is 12.9. The normalized spacial score (nSPS) is 11.4. The molecule has 0 amide bonds. The quantitative estimate of drug-likeness (QED) is 0.757. The lowest BCUT2D eigenvalue weighted by atomic mass is 10.3. The zero-order valence-corrected chi connectivity index (χ0v) is 10.1. The molecule has 0 aliphatic heterocycles. The van der Waals surface area contributed by atoms with Crippen molar-refractivity contribution < 1.29 is 12.8 Å². The minimum atomic E-state index is -3.35. The summed E-state index contributed by atoms with van der Waals surface area (Å²) < 4.78 is 35.8. The number of sulfone groups is 1. The molecule has 0 fully saturated rings. The molecule has 1 rings (SSSR count). The zero-order valence-electron chi connectivity index (χ0n) is 9.25. The minimum Gasteiger partial charge on any atom is -0.381 e. The van der Waals surface area contributed by atoms with Gasteiger partial charge in [-0.2, -0.15) is 0 Å². The van der Waals surface area contributed by atoms with E-state index >= 15 is 0 Å². The molecule has 6 heteroatoms. The van der Waals surface area contributed by atoms with Crippen molar-refractivity contribution in [3.63, 3.8) is 0 Å². The van der Waals surface area contributed by atoms with Crippen LogP contribution in [0.2, 0.25) is 0 Å². The van der Waals surface area contributed by atoms with Gasteiger partial charge in [-0.1, -0.05) is 0 Å². The van der Waals surface area contributed by atoms with Crippen molar-refractivity contribution in [3.05, 3.63) is 24.0 Å². The lowest BCUT2D eigenvalue weighted by molar-refractivity contribution is 0.596. The first-order valence-corrected chi connectivity index (χ1v) is 6.72. The van der Waals surface area contributed by atoms with Crippen molar-refractivity contribution in [1.82, 2.24) is 5.32 Å². The van der Waals surface area contributed by atoms with Crippen LogP contribution in [0.3, 0.4) is 0 Å². The molecular weight excluding hydrogens is 231 g/mol. The highest BCUT2D eigenvalue weighted by atomic mass is 32.2. The number of rotatable bonds is 5. The van der Waals surface area contributed by atoms with Gasteiger partial charge in [-0.25, -0.2) is 12.8 Å². The molecule has 0 unspecified atom stereocenters. The van der Waals surface area contributed by atoms with E-state index in [1.165, 1.54) is 12.1 Å². The van der Waals surface area contributed by atoms with Crippen LogP contribution in [-0.4, -0.2) is 34.8 Å². The molecule has 2 N–H and O–H groups in total. The summed E-state index contributed by atoms with van der Waals surface area (Å²) in [6.45, 7) is 1.28. The molecule has 16 heavy (non-hydrogen) atoms. The van der Waals surface area contributed by atoms with Crippen molar-refractivity contribution in [2.24, 2.45) is 0 Å². The Morgan fingerprint density at radius 2 is 2.00 bits per heavy atom. The van der Waals surface area contributed by atoms with Crippen LogP contribution in [-0.2, 0) is 9.84 Å². The Labute approximate surface area is 94.8 Å². The standard InChI is InChI=1S/C10H15FN2O2S/c1-12-5-6-13-10-4-3-8(7-9(10)11)16(2,14)15/h3-4,7,12-13H,5-6H2,1-2H3. The van der Waals surface area contributed by atoms with E-state index in [0.29, 0.717) is 18.8 Å². The molecule has 1 aromatic rings.